The van der Waals surface area contributed by atoms with Gasteiger partial charge in [-0.2, -0.15) is 0 Å². The molecule has 1 fully saturated rings. The number of alkyl carbamates (subject to hydrolysis) is 1. The Morgan fingerprint density at radius 3 is 2.20 bits per heavy atom. The van der Waals surface area contributed by atoms with Crippen LogP contribution in [0.1, 0.15) is 74.8 Å². The molecule has 1 amide bonds. The molecule has 1 aliphatic rings. The van der Waals surface area contributed by atoms with Crippen LogP contribution in [0.4, 0.5) is 4.79 Å². The minimum Gasteiger partial charge on any atom is -0.458 e. The molecule has 2 aromatic rings. The highest BCUT2D eigenvalue weighted by atomic mass is 28.4. The predicted molar refractivity (Wildman–Crippen MR) is 167 cm³/mol. The van der Waals surface area contributed by atoms with E-state index in [4.69, 9.17) is 18.6 Å². The van der Waals surface area contributed by atoms with Crippen molar-refractivity contribution in [2.45, 2.75) is 116 Å². The summed E-state index contributed by atoms with van der Waals surface area (Å²) in [5.74, 6) is -0.624. The second-order valence-electron chi connectivity index (χ2n) is 13.4. The van der Waals surface area contributed by atoms with Gasteiger partial charge >= 0.3 is 12.1 Å². The summed E-state index contributed by atoms with van der Waals surface area (Å²) in [4.78, 5) is 25.9. The summed E-state index contributed by atoms with van der Waals surface area (Å²) in [6, 6.07) is 13.8. The van der Waals surface area contributed by atoms with E-state index in [1.165, 1.54) is 16.3 Å². The Kier molecular flexibility index (Phi) is 11.1. The lowest BCUT2D eigenvalue weighted by molar-refractivity contribution is -0.156. The third kappa shape index (κ3) is 8.11. The Balaban J connectivity index is 2.01. The fourth-order valence-corrected chi connectivity index (χ4v) is 12.2. The number of esters is 1. The maximum atomic E-state index is 13.4. The molecule has 7 nitrogen and oxygen atoms in total. The van der Waals surface area contributed by atoms with Crippen molar-refractivity contribution in [1.29, 1.82) is 0 Å². The highest BCUT2D eigenvalue weighted by Crippen LogP contribution is 2.44. The maximum Gasteiger partial charge on any atom is 0.408 e. The summed E-state index contributed by atoms with van der Waals surface area (Å²) >= 11 is 0. The van der Waals surface area contributed by atoms with Crippen LogP contribution in [0.5, 0.6) is 0 Å². The molecule has 2 aromatic carbocycles. The molecule has 1 saturated heterocycles. The average Bonchev–Trinajstić information content (AvgIpc) is 2.90. The van der Waals surface area contributed by atoms with E-state index in [2.05, 4.69) is 83.3 Å². The smallest absolute Gasteiger partial charge is 0.408 e. The molecule has 4 atom stereocenters. The fraction of sp³-hybridized carbons (Fsp3) is 0.636. The van der Waals surface area contributed by atoms with Crippen LogP contribution in [-0.2, 0) is 29.9 Å². The number of cyclic esters (lactones) is 1. The standard InChI is InChI=1S/C33H51NO6Si/c1-21(2)41(22(3)4,23(5)6)40-30-24(7)38-31(35)29(34-32(36)39-33(8,9)10)20-37-19-27(30)18-26-16-13-15-25-14-11-12-17-28(25)26/h11-17,21-24,27,29-30H,18-20H2,1-10H3,(H,34,36)/t24-,27-,29-,30-/m0/s1. The Labute approximate surface area is 247 Å². The van der Waals surface area contributed by atoms with Gasteiger partial charge in [-0.15, -0.1) is 0 Å². The summed E-state index contributed by atoms with van der Waals surface area (Å²) in [6.07, 6.45) is -0.898. The van der Waals surface area contributed by atoms with Crippen LogP contribution in [0.2, 0.25) is 16.6 Å². The van der Waals surface area contributed by atoms with Crippen LogP contribution in [0.15, 0.2) is 42.5 Å². The van der Waals surface area contributed by atoms with Gasteiger partial charge in [0.25, 0.3) is 0 Å². The van der Waals surface area contributed by atoms with Gasteiger partial charge in [0.2, 0.25) is 8.32 Å². The molecule has 3 rings (SSSR count). The van der Waals surface area contributed by atoms with Gasteiger partial charge in [0.15, 0.2) is 6.04 Å². The molecule has 0 saturated carbocycles. The molecule has 0 spiro atoms. The lowest BCUT2D eigenvalue weighted by Crippen LogP contribution is -2.55. The minimum absolute atomic E-state index is 0.00926. The number of ether oxygens (including phenoxy) is 3. The normalized spacial score (nSPS) is 22.8. The van der Waals surface area contributed by atoms with E-state index in [1.54, 1.807) is 20.8 Å². The largest absolute Gasteiger partial charge is 0.458 e. The van der Waals surface area contributed by atoms with Crippen LogP contribution in [-0.4, -0.2) is 57.4 Å². The molecule has 8 heteroatoms. The number of hydrogen-bond acceptors (Lipinski definition) is 6. The molecule has 1 heterocycles. The highest BCUT2D eigenvalue weighted by molar-refractivity contribution is 6.77. The van der Waals surface area contributed by atoms with Gasteiger partial charge in [-0.1, -0.05) is 84.0 Å². The molecule has 0 radical (unpaired) electrons. The van der Waals surface area contributed by atoms with E-state index in [9.17, 15) is 9.59 Å². The zero-order valence-corrected chi connectivity index (χ0v) is 27.7. The number of fused-ring (bicyclic) bond motifs is 1. The van der Waals surface area contributed by atoms with E-state index < -0.39 is 38.1 Å². The fourth-order valence-electron chi connectivity index (χ4n) is 6.53. The Morgan fingerprint density at radius 1 is 0.976 bits per heavy atom. The van der Waals surface area contributed by atoms with Crippen molar-refractivity contribution in [2.75, 3.05) is 13.2 Å². The van der Waals surface area contributed by atoms with Crippen molar-refractivity contribution in [3.63, 3.8) is 0 Å². The van der Waals surface area contributed by atoms with Gasteiger partial charge in [-0.05, 0) is 67.1 Å². The lowest BCUT2D eigenvalue weighted by Gasteiger charge is -2.47. The van der Waals surface area contributed by atoms with E-state index in [0.29, 0.717) is 29.7 Å². The third-order valence-electron chi connectivity index (χ3n) is 8.23. The highest BCUT2D eigenvalue weighted by Gasteiger charge is 2.49. The Bertz CT molecular complexity index is 1150. The van der Waals surface area contributed by atoms with Gasteiger partial charge in [0.1, 0.15) is 11.7 Å². The molecule has 0 unspecified atom stereocenters. The number of amides is 1. The van der Waals surface area contributed by atoms with E-state index in [0.717, 1.165) is 0 Å². The van der Waals surface area contributed by atoms with E-state index in [1.807, 2.05) is 13.0 Å². The third-order valence-corrected chi connectivity index (χ3v) is 14.3. The second kappa shape index (κ2) is 13.7. The summed E-state index contributed by atoms with van der Waals surface area (Å²) in [5, 5.41) is 5.04. The zero-order valence-electron chi connectivity index (χ0n) is 26.7. The zero-order chi connectivity index (χ0) is 30.5. The van der Waals surface area contributed by atoms with Crippen LogP contribution in [0.25, 0.3) is 10.8 Å². The lowest BCUT2D eigenvalue weighted by atomic mass is 9.89. The van der Waals surface area contributed by atoms with Crippen LogP contribution < -0.4 is 5.32 Å². The topological polar surface area (TPSA) is 83.1 Å². The molecular formula is C33H51NO6Si. The van der Waals surface area contributed by atoms with Crippen LogP contribution >= 0.6 is 0 Å². The first-order valence-electron chi connectivity index (χ1n) is 15.1. The van der Waals surface area contributed by atoms with Crippen LogP contribution in [0.3, 0.4) is 0 Å². The van der Waals surface area contributed by atoms with Gasteiger partial charge in [-0.3, -0.25) is 0 Å². The van der Waals surface area contributed by atoms with Crippen molar-refractivity contribution >= 4 is 31.2 Å². The minimum atomic E-state index is -2.35. The second-order valence-corrected chi connectivity index (χ2v) is 18.8. The van der Waals surface area contributed by atoms with Gasteiger partial charge in [0.05, 0.1) is 19.3 Å². The van der Waals surface area contributed by atoms with Crippen molar-refractivity contribution in [1.82, 2.24) is 5.32 Å². The van der Waals surface area contributed by atoms with Gasteiger partial charge < -0.3 is 24.0 Å². The Morgan fingerprint density at radius 2 is 1.59 bits per heavy atom. The molecule has 228 valence electrons. The molecule has 0 aliphatic carbocycles. The molecular weight excluding hydrogens is 534 g/mol. The van der Waals surface area contributed by atoms with E-state index >= 15 is 0 Å². The number of carbonyl (C=O) groups excluding carboxylic acids is 2. The van der Waals surface area contributed by atoms with Crippen molar-refractivity contribution < 1.29 is 28.2 Å². The molecule has 1 aliphatic heterocycles. The number of benzene rings is 2. The maximum absolute atomic E-state index is 13.4. The van der Waals surface area contributed by atoms with Gasteiger partial charge in [-0.25, -0.2) is 9.59 Å². The molecule has 0 aromatic heterocycles. The van der Waals surface area contributed by atoms with E-state index in [-0.39, 0.29) is 18.6 Å². The number of hydrogen-bond donors (Lipinski definition) is 1. The summed E-state index contributed by atoms with van der Waals surface area (Å²) < 4.78 is 25.0. The van der Waals surface area contributed by atoms with Crippen molar-refractivity contribution in [3.05, 3.63) is 48.0 Å². The summed E-state index contributed by atoms with van der Waals surface area (Å²) in [5.41, 5.74) is 1.59. The number of rotatable bonds is 8. The monoisotopic (exact) mass is 585 g/mol. The SMILES string of the molecule is CC(C)[Si](O[C@@H]1[C@@H](Cc2cccc3ccccc23)COC[C@H](NC(=O)OC(C)(C)C)C(=O)O[C@H]1C)(C(C)C)C(C)C. The molecule has 0 bridgehead atoms. The first-order valence-corrected chi connectivity index (χ1v) is 17.2. The van der Waals surface area contributed by atoms with Crippen LogP contribution in [0, 0.1) is 5.92 Å². The van der Waals surface area contributed by atoms with Crippen molar-refractivity contribution in [2.24, 2.45) is 5.92 Å². The van der Waals surface area contributed by atoms with Crippen molar-refractivity contribution in [3.8, 4) is 0 Å². The predicted octanol–water partition coefficient (Wildman–Crippen LogP) is 7.41. The Hall–Kier alpha value is -2.42. The first kappa shape index (κ1) is 33.1. The quantitative estimate of drug-likeness (QED) is 0.257. The molecule has 1 N–H and O–H groups in total. The summed E-state index contributed by atoms with van der Waals surface area (Å²) in [6.45, 7) is 21.2. The average molecular weight is 586 g/mol. The van der Waals surface area contributed by atoms with Gasteiger partial charge in [0, 0.05) is 5.92 Å². The molecule has 41 heavy (non-hydrogen) atoms. The summed E-state index contributed by atoms with van der Waals surface area (Å²) in [7, 11) is -2.35. The number of carbonyl (C=O) groups is 2. The number of nitrogens with one attached hydrogen (secondary N) is 1. The first-order chi connectivity index (χ1) is 19.2.